The van der Waals surface area contributed by atoms with Gasteiger partial charge in [-0.15, -0.1) is 0 Å². The second-order valence-electron chi connectivity index (χ2n) is 5.32. The quantitative estimate of drug-likeness (QED) is 0.867. The number of hydrogen-bond donors (Lipinski definition) is 1. The van der Waals surface area contributed by atoms with Crippen LogP contribution < -0.4 is 10.2 Å². The SMILES string of the molecule is CNc1nc(C2CC2)nc(N(C)C(C)CSC)c1C. The third kappa shape index (κ3) is 3.14. The van der Waals surface area contributed by atoms with E-state index in [1.165, 1.54) is 12.8 Å². The zero-order chi connectivity index (χ0) is 14.0. The first kappa shape index (κ1) is 14.4. The van der Waals surface area contributed by atoms with E-state index in [0.29, 0.717) is 12.0 Å². The van der Waals surface area contributed by atoms with E-state index in [0.717, 1.165) is 28.8 Å². The second-order valence-corrected chi connectivity index (χ2v) is 6.23. The molecule has 2 rings (SSSR count). The predicted molar refractivity (Wildman–Crippen MR) is 84.5 cm³/mol. The molecule has 0 aliphatic heterocycles. The Hall–Kier alpha value is -0.970. The number of nitrogens with one attached hydrogen (secondary N) is 1. The Bertz CT molecular complexity index is 445. The van der Waals surface area contributed by atoms with Gasteiger partial charge in [0.1, 0.15) is 17.5 Å². The molecule has 1 unspecified atom stereocenters. The highest BCUT2D eigenvalue weighted by Gasteiger charge is 2.29. The minimum absolute atomic E-state index is 0.473. The van der Waals surface area contributed by atoms with Crippen LogP contribution in [0.4, 0.5) is 11.6 Å². The monoisotopic (exact) mass is 280 g/mol. The zero-order valence-corrected chi connectivity index (χ0v) is 13.3. The van der Waals surface area contributed by atoms with Crippen LogP contribution in [0.25, 0.3) is 0 Å². The molecule has 1 aromatic rings. The molecule has 0 saturated heterocycles. The third-order valence-corrected chi connectivity index (χ3v) is 4.54. The highest BCUT2D eigenvalue weighted by Crippen LogP contribution is 2.40. The van der Waals surface area contributed by atoms with Crippen LogP contribution in [-0.2, 0) is 0 Å². The van der Waals surface area contributed by atoms with Crippen molar-refractivity contribution in [1.29, 1.82) is 0 Å². The van der Waals surface area contributed by atoms with Crippen LogP contribution in [0.1, 0.15) is 37.1 Å². The van der Waals surface area contributed by atoms with Gasteiger partial charge in [-0.05, 0) is 32.9 Å². The largest absolute Gasteiger partial charge is 0.373 e. The summed E-state index contributed by atoms with van der Waals surface area (Å²) in [6.45, 7) is 4.34. The lowest BCUT2D eigenvalue weighted by Crippen LogP contribution is -2.32. The fraction of sp³-hybridized carbons (Fsp3) is 0.714. The number of aromatic nitrogens is 2. The Morgan fingerprint density at radius 3 is 2.63 bits per heavy atom. The van der Waals surface area contributed by atoms with Crippen LogP contribution in [0.2, 0.25) is 0 Å². The van der Waals surface area contributed by atoms with Crippen molar-refractivity contribution in [2.45, 2.75) is 38.6 Å². The Balaban J connectivity index is 2.34. The smallest absolute Gasteiger partial charge is 0.137 e. The topological polar surface area (TPSA) is 41.1 Å². The summed E-state index contributed by atoms with van der Waals surface area (Å²) in [5.41, 5.74) is 1.14. The molecule has 0 bridgehead atoms. The summed E-state index contributed by atoms with van der Waals surface area (Å²) in [6, 6.07) is 0.473. The third-order valence-electron chi connectivity index (χ3n) is 3.72. The Morgan fingerprint density at radius 2 is 2.11 bits per heavy atom. The van der Waals surface area contributed by atoms with E-state index in [1.807, 2.05) is 18.8 Å². The van der Waals surface area contributed by atoms with E-state index in [-0.39, 0.29) is 0 Å². The number of nitrogens with zero attached hydrogens (tertiary/aromatic N) is 3. The average molecular weight is 280 g/mol. The maximum atomic E-state index is 4.81. The van der Waals surface area contributed by atoms with Crippen molar-refractivity contribution in [3.05, 3.63) is 11.4 Å². The van der Waals surface area contributed by atoms with Gasteiger partial charge in [0.15, 0.2) is 0 Å². The average Bonchev–Trinajstić information content (AvgIpc) is 3.23. The molecule has 106 valence electrons. The number of anilines is 2. The maximum Gasteiger partial charge on any atom is 0.137 e. The van der Waals surface area contributed by atoms with Gasteiger partial charge in [0.2, 0.25) is 0 Å². The molecule has 1 atom stereocenters. The van der Waals surface area contributed by atoms with Gasteiger partial charge in [-0.1, -0.05) is 0 Å². The van der Waals surface area contributed by atoms with Crippen molar-refractivity contribution in [3.8, 4) is 0 Å². The number of rotatable bonds is 6. The van der Waals surface area contributed by atoms with Crippen LogP contribution in [0.15, 0.2) is 0 Å². The number of thioether (sulfide) groups is 1. The van der Waals surface area contributed by atoms with Crippen molar-refractivity contribution in [3.63, 3.8) is 0 Å². The van der Waals surface area contributed by atoms with Gasteiger partial charge < -0.3 is 10.2 Å². The second kappa shape index (κ2) is 5.99. The summed E-state index contributed by atoms with van der Waals surface area (Å²) < 4.78 is 0. The predicted octanol–water partition coefficient (Wildman–Crippen LogP) is 2.89. The van der Waals surface area contributed by atoms with Crippen LogP contribution in [0.5, 0.6) is 0 Å². The molecular formula is C14H24N4S. The summed E-state index contributed by atoms with van der Waals surface area (Å²) in [5, 5.41) is 3.20. The van der Waals surface area contributed by atoms with Gasteiger partial charge in [0.05, 0.1) is 0 Å². The van der Waals surface area contributed by atoms with E-state index < -0.39 is 0 Å². The summed E-state index contributed by atoms with van der Waals surface area (Å²) in [6.07, 6.45) is 4.61. The van der Waals surface area contributed by atoms with E-state index in [1.54, 1.807) is 0 Å². The molecule has 0 amide bonds. The Kier molecular flexibility index (Phi) is 4.55. The number of hydrogen-bond acceptors (Lipinski definition) is 5. The molecule has 1 heterocycles. The maximum absolute atomic E-state index is 4.81. The van der Waals surface area contributed by atoms with E-state index in [4.69, 9.17) is 4.98 Å². The lowest BCUT2D eigenvalue weighted by Gasteiger charge is -2.27. The van der Waals surface area contributed by atoms with Gasteiger partial charge in [-0.3, -0.25) is 0 Å². The van der Waals surface area contributed by atoms with Gasteiger partial charge >= 0.3 is 0 Å². The summed E-state index contributed by atoms with van der Waals surface area (Å²) in [5.74, 6) is 4.73. The van der Waals surface area contributed by atoms with Crippen molar-refractivity contribution in [2.24, 2.45) is 0 Å². The normalized spacial score (nSPS) is 16.3. The van der Waals surface area contributed by atoms with Crippen LogP contribution in [-0.4, -0.2) is 42.1 Å². The standard InChI is InChI=1S/C14H24N4S/c1-9(8-19-5)18(4)14-10(2)12(15-3)16-13(17-14)11-6-7-11/h9,11H,6-8H2,1-5H3,(H,15,16,17). The van der Waals surface area contributed by atoms with Crippen molar-refractivity contribution >= 4 is 23.4 Å². The molecule has 5 heteroatoms. The molecule has 1 fully saturated rings. The molecule has 1 N–H and O–H groups in total. The van der Waals surface area contributed by atoms with Gasteiger partial charge in [0.25, 0.3) is 0 Å². The van der Waals surface area contributed by atoms with Gasteiger partial charge in [0, 0.05) is 37.4 Å². The lowest BCUT2D eigenvalue weighted by molar-refractivity contribution is 0.741. The molecule has 0 radical (unpaired) electrons. The molecule has 0 aromatic carbocycles. The summed E-state index contributed by atoms with van der Waals surface area (Å²) in [7, 11) is 4.06. The van der Waals surface area contributed by atoms with Crippen LogP contribution >= 0.6 is 11.8 Å². The lowest BCUT2D eigenvalue weighted by atomic mass is 10.2. The van der Waals surface area contributed by atoms with Gasteiger partial charge in [-0.25, -0.2) is 9.97 Å². The van der Waals surface area contributed by atoms with E-state index in [9.17, 15) is 0 Å². The molecule has 0 spiro atoms. The highest BCUT2D eigenvalue weighted by molar-refractivity contribution is 7.98. The molecular weight excluding hydrogens is 256 g/mol. The van der Waals surface area contributed by atoms with Crippen LogP contribution in [0.3, 0.4) is 0 Å². The molecule has 1 aromatic heterocycles. The molecule has 4 nitrogen and oxygen atoms in total. The fourth-order valence-corrected chi connectivity index (χ4v) is 2.90. The molecule has 1 aliphatic carbocycles. The first-order chi connectivity index (χ1) is 9.08. The first-order valence-corrected chi connectivity index (χ1v) is 8.25. The van der Waals surface area contributed by atoms with Crippen molar-refractivity contribution < 1.29 is 0 Å². The van der Waals surface area contributed by atoms with Crippen molar-refractivity contribution in [2.75, 3.05) is 36.3 Å². The summed E-state index contributed by atoms with van der Waals surface area (Å²) in [4.78, 5) is 11.7. The van der Waals surface area contributed by atoms with E-state index >= 15 is 0 Å². The molecule has 1 saturated carbocycles. The minimum Gasteiger partial charge on any atom is -0.373 e. The highest BCUT2D eigenvalue weighted by atomic mass is 32.2. The van der Waals surface area contributed by atoms with Crippen LogP contribution in [0, 0.1) is 6.92 Å². The molecule has 1 aliphatic rings. The fourth-order valence-electron chi connectivity index (χ4n) is 2.19. The van der Waals surface area contributed by atoms with Gasteiger partial charge in [-0.2, -0.15) is 11.8 Å². The van der Waals surface area contributed by atoms with E-state index in [2.05, 4.69) is 42.4 Å². The first-order valence-electron chi connectivity index (χ1n) is 6.86. The minimum atomic E-state index is 0.473. The Labute approximate surface area is 120 Å². The summed E-state index contributed by atoms with van der Waals surface area (Å²) >= 11 is 1.87. The zero-order valence-electron chi connectivity index (χ0n) is 12.5. The Morgan fingerprint density at radius 1 is 1.42 bits per heavy atom. The molecule has 19 heavy (non-hydrogen) atoms. The van der Waals surface area contributed by atoms with Crippen molar-refractivity contribution in [1.82, 2.24) is 9.97 Å².